The molecule has 0 spiro atoms. The van der Waals surface area contributed by atoms with Crippen molar-refractivity contribution in [3.05, 3.63) is 95.2 Å². The van der Waals surface area contributed by atoms with Crippen LogP contribution in [0.1, 0.15) is 37.3 Å². The van der Waals surface area contributed by atoms with Gasteiger partial charge in [-0.15, -0.1) is 0 Å². The van der Waals surface area contributed by atoms with E-state index < -0.39 is 5.60 Å². The Kier molecular flexibility index (Phi) is 6.75. The first-order valence-corrected chi connectivity index (χ1v) is 13.8. The molecule has 0 saturated carbocycles. The molecule has 6 rings (SSSR count). The second-order valence-electron chi connectivity index (χ2n) is 11.0. The molecule has 2 aromatic carbocycles. The summed E-state index contributed by atoms with van der Waals surface area (Å²) >= 11 is 0. The van der Waals surface area contributed by atoms with Gasteiger partial charge in [0.1, 0.15) is 6.33 Å². The smallest absolute Gasteiger partial charge is 0.262 e. The molecule has 2 aromatic heterocycles. The number of piperidine rings is 2. The van der Waals surface area contributed by atoms with Gasteiger partial charge in [-0.3, -0.25) is 19.0 Å². The molecule has 206 valence electrons. The normalized spacial score (nSPS) is 21.1. The second kappa shape index (κ2) is 10.4. The van der Waals surface area contributed by atoms with Crippen molar-refractivity contribution in [2.75, 3.05) is 20.1 Å². The number of carbonyl (C=O) groups excluding carboxylic acids is 2. The number of carbonyl (C=O) groups is 2. The van der Waals surface area contributed by atoms with Crippen molar-refractivity contribution >= 4 is 22.8 Å². The van der Waals surface area contributed by atoms with Crippen LogP contribution < -0.4 is 5.56 Å². The van der Waals surface area contributed by atoms with Gasteiger partial charge >= 0.3 is 0 Å². The molecule has 40 heavy (non-hydrogen) atoms. The largest absolute Gasteiger partial charge is 0.388 e. The summed E-state index contributed by atoms with van der Waals surface area (Å²) in [6, 6.07) is 20.9. The molecule has 1 N–H and O–H groups in total. The van der Waals surface area contributed by atoms with Crippen molar-refractivity contribution < 1.29 is 14.7 Å². The monoisotopic (exact) mass is 539 g/mol. The number of hydrogen-bond acceptors (Lipinski definition) is 5. The Morgan fingerprint density at radius 1 is 1.00 bits per heavy atom. The summed E-state index contributed by atoms with van der Waals surface area (Å²) in [4.78, 5) is 47.6. The first-order chi connectivity index (χ1) is 19.3. The van der Waals surface area contributed by atoms with E-state index in [1.165, 1.54) is 10.9 Å². The van der Waals surface area contributed by atoms with E-state index >= 15 is 0 Å². The SMILES string of the molecule is CN1C(=O)CCC(C(=O)N2CCC(O)(Cn3cnc4c(ccn4-c4ccccc4)c3=O)CC2)C1c1ccccc1. The zero-order valence-corrected chi connectivity index (χ0v) is 22.5. The van der Waals surface area contributed by atoms with E-state index in [-0.39, 0.29) is 35.9 Å². The highest BCUT2D eigenvalue weighted by Gasteiger charge is 2.43. The summed E-state index contributed by atoms with van der Waals surface area (Å²) in [6.07, 6.45) is 4.89. The van der Waals surface area contributed by atoms with Gasteiger partial charge in [-0.2, -0.15) is 0 Å². The topological polar surface area (TPSA) is 101 Å². The Morgan fingerprint density at radius 2 is 1.68 bits per heavy atom. The van der Waals surface area contributed by atoms with Gasteiger partial charge < -0.3 is 19.5 Å². The van der Waals surface area contributed by atoms with Crippen LogP contribution in [0.5, 0.6) is 0 Å². The van der Waals surface area contributed by atoms with Crippen molar-refractivity contribution in [1.29, 1.82) is 0 Å². The van der Waals surface area contributed by atoms with Crippen molar-refractivity contribution in [3.8, 4) is 5.69 Å². The summed E-state index contributed by atoms with van der Waals surface area (Å²) in [5, 5.41) is 11.9. The molecule has 2 fully saturated rings. The molecule has 2 unspecified atom stereocenters. The molecular weight excluding hydrogens is 506 g/mol. The van der Waals surface area contributed by atoms with Crippen LogP contribution in [0.3, 0.4) is 0 Å². The fraction of sp³-hybridized carbons (Fsp3) is 0.355. The van der Waals surface area contributed by atoms with E-state index in [1.807, 2.05) is 76.3 Å². The maximum absolute atomic E-state index is 13.7. The number of benzene rings is 2. The minimum atomic E-state index is -1.13. The first-order valence-electron chi connectivity index (χ1n) is 13.8. The Hall–Kier alpha value is -4.24. The molecule has 2 atom stereocenters. The van der Waals surface area contributed by atoms with E-state index in [2.05, 4.69) is 4.98 Å². The minimum Gasteiger partial charge on any atom is -0.388 e. The number of aromatic nitrogens is 3. The Bertz CT molecular complexity index is 1590. The lowest BCUT2D eigenvalue weighted by Gasteiger charge is -2.43. The van der Waals surface area contributed by atoms with Crippen molar-refractivity contribution in [2.24, 2.45) is 5.92 Å². The first kappa shape index (κ1) is 26.0. The summed E-state index contributed by atoms with van der Waals surface area (Å²) < 4.78 is 3.35. The second-order valence-corrected chi connectivity index (χ2v) is 11.0. The van der Waals surface area contributed by atoms with E-state index in [9.17, 15) is 19.5 Å². The Balaban J connectivity index is 1.16. The van der Waals surface area contributed by atoms with Crippen LogP contribution in [0.4, 0.5) is 0 Å². The predicted molar refractivity (Wildman–Crippen MR) is 151 cm³/mol. The van der Waals surface area contributed by atoms with Gasteiger partial charge in [0.05, 0.1) is 29.5 Å². The van der Waals surface area contributed by atoms with Crippen LogP contribution in [0.2, 0.25) is 0 Å². The number of nitrogens with zero attached hydrogens (tertiary/aromatic N) is 5. The van der Waals surface area contributed by atoms with Gasteiger partial charge in [-0.1, -0.05) is 48.5 Å². The molecule has 0 bridgehead atoms. The fourth-order valence-corrected chi connectivity index (χ4v) is 6.22. The zero-order valence-electron chi connectivity index (χ0n) is 22.5. The molecule has 9 nitrogen and oxygen atoms in total. The van der Waals surface area contributed by atoms with Crippen molar-refractivity contribution in [1.82, 2.24) is 23.9 Å². The third-order valence-electron chi connectivity index (χ3n) is 8.49. The van der Waals surface area contributed by atoms with Crippen molar-refractivity contribution in [3.63, 3.8) is 0 Å². The maximum atomic E-state index is 13.7. The molecular formula is C31H33N5O4. The lowest BCUT2D eigenvalue weighted by molar-refractivity contribution is -0.149. The molecule has 0 radical (unpaired) electrons. The number of aliphatic hydroxyl groups is 1. The molecule has 4 heterocycles. The van der Waals surface area contributed by atoms with E-state index in [4.69, 9.17) is 0 Å². The van der Waals surface area contributed by atoms with Crippen LogP contribution in [0, 0.1) is 5.92 Å². The van der Waals surface area contributed by atoms with E-state index in [1.54, 1.807) is 18.0 Å². The highest BCUT2D eigenvalue weighted by Crippen LogP contribution is 2.38. The molecule has 2 amide bonds. The Labute approximate surface area is 232 Å². The quantitative estimate of drug-likeness (QED) is 0.420. The van der Waals surface area contributed by atoms with Crippen LogP contribution in [0.25, 0.3) is 16.7 Å². The fourth-order valence-electron chi connectivity index (χ4n) is 6.22. The van der Waals surface area contributed by atoms with Gasteiger partial charge in [-0.05, 0) is 43.0 Å². The molecule has 2 aliphatic heterocycles. The number of para-hydroxylation sites is 1. The summed E-state index contributed by atoms with van der Waals surface area (Å²) in [5.41, 5.74) is 1.11. The average Bonchev–Trinajstić information content (AvgIpc) is 3.42. The molecule has 9 heteroatoms. The minimum absolute atomic E-state index is 0.0118. The maximum Gasteiger partial charge on any atom is 0.262 e. The van der Waals surface area contributed by atoms with Crippen LogP contribution in [-0.2, 0) is 16.1 Å². The molecule has 4 aromatic rings. The number of fused-ring (bicyclic) bond motifs is 1. The highest BCUT2D eigenvalue weighted by atomic mass is 16.3. The summed E-state index contributed by atoms with van der Waals surface area (Å²) in [5.74, 6) is -0.280. The molecule has 2 saturated heterocycles. The highest BCUT2D eigenvalue weighted by molar-refractivity contribution is 5.85. The Morgan fingerprint density at radius 3 is 2.38 bits per heavy atom. The van der Waals surface area contributed by atoms with Crippen LogP contribution in [-0.4, -0.2) is 66.6 Å². The van der Waals surface area contributed by atoms with Gasteiger partial charge in [-0.25, -0.2) is 4.98 Å². The van der Waals surface area contributed by atoms with Crippen molar-refractivity contribution in [2.45, 2.75) is 43.9 Å². The molecule has 2 aliphatic rings. The summed E-state index contributed by atoms with van der Waals surface area (Å²) in [6.45, 7) is 0.889. The van der Waals surface area contributed by atoms with E-state index in [0.717, 1.165) is 11.3 Å². The van der Waals surface area contributed by atoms with Gasteiger partial charge in [0.25, 0.3) is 5.56 Å². The third-order valence-corrected chi connectivity index (χ3v) is 8.49. The standard InChI is InChI=1S/C31H33N5O4/c1-33-26(37)13-12-24(27(33)22-8-4-2-5-9-22)29(38)34-18-15-31(40,16-19-34)20-35-21-32-28-25(30(35)39)14-17-36(28)23-10-6-3-7-11-23/h2-11,14,17,21,24,27,40H,12-13,15-16,18-20H2,1H3. The van der Waals surface area contributed by atoms with Gasteiger partial charge in [0.2, 0.25) is 11.8 Å². The number of rotatable bonds is 5. The number of hydrogen-bond donors (Lipinski definition) is 1. The zero-order chi connectivity index (χ0) is 27.9. The third kappa shape index (κ3) is 4.70. The predicted octanol–water partition coefficient (Wildman–Crippen LogP) is 3.15. The van der Waals surface area contributed by atoms with Crippen LogP contribution >= 0.6 is 0 Å². The number of amides is 2. The lowest BCUT2D eigenvalue weighted by Crippen LogP contribution is -2.53. The summed E-state index contributed by atoms with van der Waals surface area (Å²) in [7, 11) is 1.77. The van der Waals surface area contributed by atoms with Crippen LogP contribution in [0.15, 0.2) is 84.0 Å². The average molecular weight is 540 g/mol. The number of likely N-dealkylation sites (tertiary alicyclic amines) is 2. The lowest BCUT2D eigenvalue weighted by atomic mass is 9.82. The van der Waals surface area contributed by atoms with E-state index in [0.29, 0.717) is 49.8 Å². The van der Waals surface area contributed by atoms with Gasteiger partial charge in [0, 0.05) is 38.4 Å². The molecule has 0 aliphatic carbocycles. The van der Waals surface area contributed by atoms with Gasteiger partial charge in [0.15, 0.2) is 5.65 Å².